The maximum absolute atomic E-state index is 11.6. The smallest absolute Gasteiger partial charge is 0.258 e. The number of rotatable bonds is 5. The number of nitrogen functional groups attached to an aromatic ring is 1. The fourth-order valence-corrected chi connectivity index (χ4v) is 1.41. The number of anilines is 1. The van der Waals surface area contributed by atoms with Gasteiger partial charge < -0.3 is 20.4 Å². The van der Waals surface area contributed by atoms with E-state index in [0.29, 0.717) is 23.8 Å². The van der Waals surface area contributed by atoms with E-state index in [1.54, 1.807) is 35.2 Å². The monoisotopic (exact) mass is 261 g/mol. The highest BCUT2D eigenvalue weighted by molar-refractivity contribution is 5.77. The van der Waals surface area contributed by atoms with Crippen molar-refractivity contribution in [3.05, 3.63) is 36.4 Å². The van der Waals surface area contributed by atoms with Crippen molar-refractivity contribution < 1.29 is 9.53 Å². The van der Waals surface area contributed by atoms with Gasteiger partial charge in [-0.2, -0.15) is 0 Å². The van der Waals surface area contributed by atoms with Crippen molar-refractivity contribution in [3.8, 4) is 5.75 Å². The Labute approximate surface area is 110 Å². The van der Waals surface area contributed by atoms with E-state index in [4.69, 9.17) is 10.5 Å². The Hall–Kier alpha value is -2.57. The predicted molar refractivity (Wildman–Crippen MR) is 69.2 cm³/mol. The van der Waals surface area contributed by atoms with Crippen molar-refractivity contribution in [2.45, 2.75) is 6.54 Å². The van der Waals surface area contributed by atoms with Gasteiger partial charge in [-0.15, -0.1) is 10.2 Å². The van der Waals surface area contributed by atoms with E-state index >= 15 is 0 Å². The first-order valence-corrected chi connectivity index (χ1v) is 5.73. The zero-order chi connectivity index (χ0) is 13.7. The molecule has 7 heteroatoms. The van der Waals surface area contributed by atoms with Crippen LogP contribution in [0.4, 0.5) is 5.69 Å². The number of carbonyl (C=O) groups is 1. The summed E-state index contributed by atoms with van der Waals surface area (Å²) in [4.78, 5) is 11.6. The molecule has 1 heterocycles. The second-order valence-electron chi connectivity index (χ2n) is 3.99. The molecule has 3 N–H and O–H groups in total. The molecule has 7 nitrogen and oxygen atoms in total. The van der Waals surface area contributed by atoms with E-state index in [-0.39, 0.29) is 12.5 Å². The van der Waals surface area contributed by atoms with E-state index in [2.05, 4.69) is 15.5 Å². The Morgan fingerprint density at radius 3 is 2.79 bits per heavy atom. The van der Waals surface area contributed by atoms with E-state index in [9.17, 15) is 4.79 Å². The number of aryl methyl sites for hydroxylation is 1. The molecular formula is C12H15N5O2. The average molecular weight is 261 g/mol. The highest BCUT2D eigenvalue weighted by Gasteiger charge is 2.05. The van der Waals surface area contributed by atoms with Crippen LogP contribution in [0.3, 0.4) is 0 Å². The largest absolute Gasteiger partial charge is 0.484 e. The number of aromatic nitrogens is 3. The number of hydrogen-bond acceptors (Lipinski definition) is 5. The molecule has 2 aromatic rings. The lowest BCUT2D eigenvalue weighted by Crippen LogP contribution is -2.29. The summed E-state index contributed by atoms with van der Waals surface area (Å²) < 4.78 is 7.05. The van der Waals surface area contributed by atoms with Gasteiger partial charge in [0.2, 0.25) is 0 Å². The summed E-state index contributed by atoms with van der Waals surface area (Å²) >= 11 is 0. The number of amides is 1. The number of carbonyl (C=O) groups excluding carboxylic acids is 1. The molecule has 0 fully saturated rings. The van der Waals surface area contributed by atoms with Crippen LogP contribution in [0.5, 0.6) is 5.75 Å². The molecule has 1 aromatic carbocycles. The van der Waals surface area contributed by atoms with Gasteiger partial charge in [-0.3, -0.25) is 4.79 Å². The normalized spacial score (nSPS) is 10.2. The molecule has 2 rings (SSSR count). The topological polar surface area (TPSA) is 95.1 Å². The minimum Gasteiger partial charge on any atom is -0.484 e. The molecule has 0 aliphatic rings. The summed E-state index contributed by atoms with van der Waals surface area (Å²) in [6, 6.07) is 6.86. The van der Waals surface area contributed by atoms with Crippen molar-refractivity contribution in [1.82, 2.24) is 20.1 Å². The number of nitrogens with zero attached hydrogens (tertiary/aromatic N) is 3. The molecule has 0 spiro atoms. The molecule has 0 saturated carbocycles. The first-order chi connectivity index (χ1) is 9.15. The highest BCUT2D eigenvalue weighted by atomic mass is 16.5. The van der Waals surface area contributed by atoms with Crippen molar-refractivity contribution in [3.63, 3.8) is 0 Å². The van der Waals surface area contributed by atoms with Crippen LogP contribution in [0.2, 0.25) is 0 Å². The number of nitrogens with two attached hydrogens (primary N) is 1. The summed E-state index contributed by atoms with van der Waals surface area (Å²) in [7, 11) is 1.81. The number of ether oxygens (including phenoxy) is 1. The predicted octanol–water partition coefficient (Wildman–Crippen LogP) is 0.0925. The first-order valence-electron chi connectivity index (χ1n) is 5.73. The van der Waals surface area contributed by atoms with Crippen LogP contribution in [0.25, 0.3) is 0 Å². The summed E-state index contributed by atoms with van der Waals surface area (Å²) in [5.74, 6) is 1.06. The van der Waals surface area contributed by atoms with Crippen LogP contribution in [0, 0.1) is 0 Å². The van der Waals surface area contributed by atoms with Crippen molar-refractivity contribution in [1.29, 1.82) is 0 Å². The fourth-order valence-electron chi connectivity index (χ4n) is 1.41. The molecule has 0 bridgehead atoms. The maximum atomic E-state index is 11.6. The van der Waals surface area contributed by atoms with Gasteiger partial charge in [-0.1, -0.05) is 0 Å². The lowest BCUT2D eigenvalue weighted by molar-refractivity contribution is -0.123. The van der Waals surface area contributed by atoms with Crippen LogP contribution >= 0.6 is 0 Å². The van der Waals surface area contributed by atoms with Crippen molar-refractivity contribution in [2.75, 3.05) is 12.3 Å². The molecule has 0 radical (unpaired) electrons. The van der Waals surface area contributed by atoms with E-state index < -0.39 is 0 Å². The highest BCUT2D eigenvalue weighted by Crippen LogP contribution is 2.12. The Kier molecular flexibility index (Phi) is 3.97. The molecule has 100 valence electrons. The fraction of sp³-hybridized carbons (Fsp3) is 0.250. The van der Waals surface area contributed by atoms with Gasteiger partial charge in [0.25, 0.3) is 5.91 Å². The third-order valence-electron chi connectivity index (χ3n) is 2.50. The third kappa shape index (κ3) is 3.70. The SMILES string of the molecule is Cn1cnnc1CNC(=O)COc1ccc(N)cc1. The number of hydrogen-bond donors (Lipinski definition) is 2. The van der Waals surface area contributed by atoms with Gasteiger partial charge in [0.15, 0.2) is 12.4 Å². The Balaban J connectivity index is 1.76. The van der Waals surface area contributed by atoms with Crippen LogP contribution in [0.15, 0.2) is 30.6 Å². The minimum atomic E-state index is -0.222. The van der Waals surface area contributed by atoms with E-state index in [1.807, 2.05) is 7.05 Å². The zero-order valence-electron chi connectivity index (χ0n) is 10.5. The molecule has 1 aromatic heterocycles. The van der Waals surface area contributed by atoms with Gasteiger partial charge in [0.05, 0.1) is 6.54 Å². The summed E-state index contributed by atoms with van der Waals surface area (Å²) in [6.07, 6.45) is 1.58. The lowest BCUT2D eigenvalue weighted by atomic mass is 10.3. The number of benzene rings is 1. The van der Waals surface area contributed by atoms with Crippen molar-refractivity contribution in [2.24, 2.45) is 7.05 Å². The zero-order valence-corrected chi connectivity index (χ0v) is 10.5. The Morgan fingerprint density at radius 2 is 2.16 bits per heavy atom. The van der Waals surface area contributed by atoms with E-state index in [1.165, 1.54) is 0 Å². The molecule has 19 heavy (non-hydrogen) atoms. The molecule has 0 unspecified atom stereocenters. The summed E-state index contributed by atoms with van der Waals surface area (Å²) in [5, 5.41) is 10.3. The second kappa shape index (κ2) is 5.85. The minimum absolute atomic E-state index is 0.0538. The van der Waals surface area contributed by atoms with Gasteiger partial charge in [0.1, 0.15) is 12.1 Å². The van der Waals surface area contributed by atoms with Gasteiger partial charge in [0, 0.05) is 12.7 Å². The van der Waals surface area contributed by atoms with Gasteiger partial charge in [-0.05, 0) is 24.3 Å². The second-order valence-corrected chi connectivity index (χ2v) is 3.99. The van der Waals surface area contributed by atoms with Gasteiger partial charge in [-0.25, -0.2) is 0 Å². The van der Waals surface area contributed by atoms with Crippen LogP contribution in [-0.2, 0) is 18.4 Å². The van der Waals surface area contributed by atoms with Crippen LogP contribution < -0.4 is 15.8 Å². The lowest BCUT2D eigenvalue weighted by Gasteiger charge is -2.07. The average Bonchev–Trinajstić information content (AvgIpc) is 2.81. The van der Waals surface area contributed by atoms with Gasteiger partial charge >= 0.3 is 0 Å². The molecule has 0 aliphatic heterocycles. The first kappa shape index (κ1) is 12.9. The quantitative estimate of drug-likeness (QED) is 0.744. The van der Waals surface area contributed by atoms with Crippen molar-refractivity contribution >= 4 is 11.6 Å². The van der Waals surface area contributed by atoms with E-state index in [0.717, 1.165) is 0 Å². The Bertz CT molecular complexity index is 550. The van der Waals surface area contributed by atoms with Crippen LogP contribution in [0.1, 0.15) is 5.82 Å². The molecular weight excluding hydrogens is 246 g/mol. The Morgan fingerprint density at radius 1 is 1.42 bits per heavy atom. The molecule has 0 saturated heterocycles. The standard InChI is InChI=1S/C12H15N5O2/c1-17-8-15-16-11(17)6-14-12(18)7-19-10-4-2-9(13)3-5-10/h2-5,8H,6-7,13H2,1H3,(H,14,18). The van der Waals surface area contributed by atoms with Crippen LogP contribution in [-0.4, -0.2) is 27.3 Å². The summed E-state index contributed by atoms with van der Waals surface area (Å²) in [5.41, 5.74) is 6.20. The third-order valence-corrected chi connectivity index (χ3v) is 2.50. The maximum Gasteiger partial charge on any atom is 0.258 e. The molecule has 1 amide bonds. The summed E-state index contributed by atoms with van der Waals surface area (Å²) in [6.45, 7) is 0.266. The molecule has 0 atom stereocenters. The molecule has 0 aliphatic carbocycles. The number of nitrogens with one attached hydrogen (secondary N) is 1.